The van der Waals surface area contributed by atoms with Crippen molar-refractivity contribution in [3.05, 3.63) is 29.3 Å². The maximum absolute atomic E-state index is 13.2. The third kappa shape index (κ3) is 4.30. The molecular formula is C12H10F5NO4. The summed E-state index contributed by atoms with van der Waals surface area (Å²) in [5.74, 6) is -7.62. The number of hydrogen-bond acceptors (Lipinski definition) is 4. The van der Waals surface area contributed by atoms with Gasteiger partial charge in [0, 0.05) is 6.42 Å². The second kappa shape index (κ2) is 6.58. The van der Waals surface area contributed by atoms with Crippen molar-refractivity contribution in [3.63, 3.8) is 0 Å². The van der Waals surface area contributed by atoms with Gasteiger partial charge < -0.3 is 15.2 Å². The van der Waals surface area contributed by atoms with E-state index < -0.39 is 47.9 Å². The highest BCUT2D eigenvalue weighted by Crippen LogP contribution is 2.22. The van der Waals surface area contributed by atoms with Gasteiger partial charge in [0.2, 0.25) is 0 Å². The van der Waals surface area contributed by atoms with Crippen LogP contribution in [0.4, 0.5) is 22.0 Å². The molecule has 1 atom stereocenters. The molecule has 10 heteroatoms. The Morgan fingerprint density at radius 2 is 1.77 bits per heavy atom. The number of alkyl halides is 3. The molecule has 1 rings (SSSR count). The molecule has 5 nitrogen and oxygen atoms in total. The minimum absolute atomic E-state index is 0.259. The summed E-state index contributed by atoms with van der Waals surface area (Å²) >= 11 is 0. The topological polar surface area (TPSA) is 75.6 Å². The van der Waals surface area contributed by atoms with Crippen LogP contribution >= 0.6 is 0 Å². The second-order valence-electron chi connectivity index (χ2n) is 4.16. The molecular weight excluding hydrogens is 317 g/mol. The van der Waals surface area contributed by atoms with E-state index in [1.54, 1.807) is 0 Å². The van der Waals surface area contributed by atoms with Crippen LogP contribution in [0, 0.1) is 11.6 Å². The molecule has 122 valence electrons. The van der Waals surface area contributed by atoms with Gasteiger partial charge >= 0.3 is 18.1 Å². The van der Waals surface area contributed by atoms with Crippen molar-refractivity contribution < 1.29 is 41.4 Å². The molecule has 1 amide bonds. The lowest BCUT2D eigenvalue weighted by Gasteiger charge is -2.17. The molecule has 0 aliphatic rings. The van der Waals surface area contributed by atoms with Gasteiger partial charge in [0.15, 0.2) is 17.4 Å². The lowest BCUT2D eigenvalue weighted by Crippen LogP contribution is -2.48. The van der Waals surface area contributed by atoms with Gasteiger partial charge in [-0.2, -0.15) is 13.2 Å². The zero-order valence-electron chi connectivity index (χ0n) is 11.0. The van der Waals surface area contributed by atoms with Crippen LogP contribution in [0.25, 0.3) is 0 Å². The third-order valence-corrected chi connectivity index (χ3v) is 2.56. The smallest absolute Gasteiger partial charge is 0.471 e. The van der Waals surface area contributed by atoms with E-state index in [9.17, 15) is 31.5 Å². The molecule has 0 spiro atoms. The summed E-state index contributed by atoms with van der Waals surface area (Å²) in [4.78, 5) is 22.2. The van der Waals surface area contributed by atoms with Gasteiger partial charge in [0.05, 0.1) is 7.11 Å². The van der Waals surface area contributed by atoms with Crippen LogP contribution in [0.2, 0.25) is 0 Å². The van der Waals surface area contributed by atoms with Gasteiger partial charge in [-0.05, 0) is 17.7 Å². The molecule has 0 saturated carbocycles. The van der Waals surface area contributed by atoms with Crippen molar-refractivity contribution in [2.24, 2.45) is 0 Å². The number of ether oxygens (including phenoxy) is 1. The predicted molar refractivity (Wildman–Crippen MR) is 61.7 cm³/mol. The van der Waals surface area contributed by atoms with Gasteiger partial charge in [-0.3, -0.25) is 4.79 Å². The Labute approximate surface area is 120 Å². The standard InChI is InChI=1S/C12H10F5NO4/c1-22-10(20)8(18-11(21)12(15,16)17)4-5-2-6(13)9(19)7(14)3-5/h2-3,8,19H,4H2,1H3,(H,18,21)/t8-/m0/s1. The first kappa shape index (κ1) is 17.7. The fourth-order valence-electron chi connectivity index (χ4n) is 1.55. The number of esters is 1. The number of carbonyl (C=O) groups is 2. The molecule has 2 N–H and O–H groups in total. The molecule has 0 aliphatic heterocycles. The Morgan fingerprint density at radius 1 is 1.27 bits per heavy atom. The number of amides is 1. The number of nitrogens with one attached hydrogen (secondary N) is 1. The number of phenols is 1. The van der Waals surface area contributed by atoms with E-state index >= 15 is 0 Å². The quantitative estimate of drug-likeness (QED) is 0.648. The molecule has 0 unspecified atom stereocenters. The molecule has 0 fully saturated rings. The zero-order valence-corrected chi connectivity index (χ0v) is 11.0. The second-order valence-corrected chi connectivity index (χ2v) is 4.16. The molecule has 0 radical (unpaired) electrons. The highest BCUT2D eigenvalue weighted by Gasteiger charge is 2.41. The van der Waals surface area contributed by atoms with Crippen molar-refractivity contribution in [2.75, 3.05) is 7.11 Å². The van der Waals surface area contributed by atoms with Crippen LogP contribution in [0.3, 0.4) is 0 Å². The Morgan fingerprint density at radius 3 is 2.18 bits per heavy atom. The summed E-state index contributed by atoms with van der Waals surface area (Å²) < 4.78 is 67.1. The van der Waals surface area contributed by atoms with E-state index in [0.717, 1.165) is 7.11 Å². The normalized spacial score (nSPS) is 12.6. The summed E-state index contributed by atoms with van der Waals surface area (Å²) in [7, 11) is 0.868. The number of phenolic OH excluding ortho intramolecular Hbond substituents is 1. The van der Waals surface area contributed by atoms with Crippen LogP contribution < -0.4 is 5.32 Å². The van der Waals surface area contributed by atoms with Crippen LogP contribution in [0.5, 0.6) is 5.75 Å². The van der Waals surface area contributed by atoms with Crippen molar-refractivity contribution in [2.45, 2.75) is 18.6 Å². The summed E-state index contributed by atoms with van der Waals surface area (Å²) in [6.45, 7) is 0. The first-order valence-corrected chi connectivity index (χ1v) is 5.68. The molecule has 1 aromatic carbocycles. The van der Waals surface area contributed by atoms with Gasteiger partial charge in [-0.15, -0.1) is 0 Å². The summed E-state index contributed by atoms with van der Waals surface area (Å²) in [5, 5.41) is 10.3. The molecule has 0 heterocycles. The predicted octanol–water partition coefficient (Wildman–Crippen LogP) is 1.43. The maximum Gasteiger partial charge on any atom is 0.471 e. The van der Waals surface area contributed by atoms with Crippen molar-refractivity contribution >= 4 is 11.9 Å². The van der Waals surface area contributed by atoms with E-state index in [2.05, 4.69) is 4.74 Å². The molecule has 0 aliphatic carbocycles. The molecule has 0 aromatic heterocycles. The average molecular weight is 327 g/mol. The Kier molecular flexibility index (Phi) is 5.28. The average Bonchev–Trinajstić information content (AvgIpc) is 2.41. The van der Waals surface area contributed by atoms with E-state index in [1.165, 1.54) is 5.32 Å². The third-order valence-electron chi connectivity index (χ3n) is 2.56. The number of rotatable bonds is 4. The number of benzene rings is 1. The Bertz CT molecular complexity index is 564. The van der Waals surface area contributed by atoms with Gasteiger partial charge in [-0.1, -0.05) is 0 Å². The first-order valence-electron chi connectivity index (χ1n) is 5.68. The number of halogens is 5. The van der Waals surface area contributed by atoms with Crippen LogP contribution in [0.15, 0.2) is 12.1 Å². The van der Waals surface area contributed by atoms with Crippen molar-refractivity contribution in [1.29, 1.82) is 0 Å². The largest absolute Gasteiger partial charge is 0.503 e. The fraction of sp³-hybridized carbons (Fsp3) is 0.333. The number of carbonyl (C=O) groups excluding carboxylic acids is 2. The highest BCUT2D eigenvalue weighted by molar-refractivity contribution is 5.87. The number of methoxy groups -OCH3 is 1. The maximum atomic E-state index is 13.2. The molecule has 0 bridgehead atoms. The van der Waals surface area contributed by atoms with Crippen molar-refractivity contribution in [1.82, 2.24) is 5.32 Å². The van der Waals surface area contributed by atoms with Crippen LogP contribution in [-0.4, -0.2) is 36.3 Å². The van der Waals surface area contributed by atoms with Crippen LogP contribution in [0.1, 0.15) is 5.56 Å². The summed E-state index contributed by atoms with van der Waals surface area (Å²) in [6.07, 6.45) is -5.90. The Balaban J connectivity index is 3.00. The minimum atomic E-state index is -5.24. The van der Waals surface area contributed by atoms with Crippen molar-refractivity contribution in [3.8, 4) is 5.75 Å². The summed E-state index contributed by atoms with van der Waals surface area (Å²) in [6, 6.07) is -0.565. The zero-order chi connectivity index (χ0) is 17.1. The highest BCUT2D eigenvalue weighted by atomic mass is 19.4. The molecule has 0 saturated heterocycles. The lowest BCUT2D eigenvalue weighted by molar-refractivity contribution is -0.175. The summed E-state index contributed by atoms with van der Waals surface area (Å²) in [5.41, 5.74) is -0.259. The SMILES string of the molecule is COC(=O)[C@H](Cc1cc(F)c(O)c(F)c1)NC(=O)C(F)(F)F. The minimum Gasteiger partial charge on any atom is -0.503 e. The first-order chi connectivity index (χ1) is 10.1. The van der Waals surface area contributed by atoms with Gasteiger partial charge in [-0.25, -0.2) is 13.6 Å². The molecule has 22 heavy (non-hydrogen) atoms. The monoisotopic (exact) mass is 327 g/mol. The molecule has 1 aromatic rings. The Hall–Kier alpha value is -2.39. The van der Waals surface area contributed by atoms with Crippen LogP contribution in [-0.2, 0) is 20.7 Å². The van der Waals surface area contributed by atoms with Gasteiger partial charge in [0.1, 0.15) is 6.04 Å². The van der Waals surface area contributed by atoms with E-state index in [0.29, 0.717) is 12.1 Å². The number of aromatic hydroxyl groups is 1. The lowest BCUT2D eigenvalue weighted by atomic mass is 10.0. The van der Waals surface area contributed by atoms with Gasteiger partial charge in [0.25, 0.3) is 0 Å². The van der Waals surface area contributed by atoms with E-state index in [4.69, 9.17) is 5.11 Å². The number of hydrogen-bond donors (Lipinski definition) is 2. The van der Waals surface area contributed by atoms with E-state index in [1.807, 2.05) is 0 Å². The fourth-order valence-corrected chi connectivity index (χ4v) is 1.55. The van der Waals surface area contributed by atoms with E-state index in [-0.39, 0.29) is 5.56 Å².